The van der Waals surface area contributed by atoms with E-state index >= 15 is 0 Å². The maximum Gasteiger partial charge on any atom is 0.415 e. The second-order valence-electron chi connectivity index (χ2n) is 25.2. The van der Waals surface area contributed by atoms with E-state index in [0.717, 1.165) is 95.2 Å². The zero-order valence-electron chi connectivity index (χ0n) is 55.9. The lowest BCUT2D eigenvalue weighted by atomic mass is 10.3. The molecule has 3 aromatic carbocycles. The molecule has 6 heterocycles. The van der Waals surface area contributed by atoms with Crippen LogP contribution in [-0.4, -0.2) is 152 Å². The lowest BCUT2D eigenvalue weighted by molar-refractivity contribution is 0.165. The molecule has 30 nitrogen and oxygen atoms in total. The van der Waals surface area contributed by atoms with Crippen LogP contribution in [0.3, 0.4) is 0 Å². The fraction of sp³-hybridized carbons (Fsp3) is 0.391. The highest BCUT2D eigenvalue weighted by molar-refractivity contribution is 5.75. The number of aromatic amines is 3. The van der Waals surface area contributed by atoms with E-state index in [1.54, 1.807) is 13.7 Å². The quantitative estimate of drug-likeness (QED) is 0.0915. The predicted octanol–water partition coefficient (Wildman–Crippen LogP) is 6.56. The van der Waals surface area contributed by atoms with E-state index in [1.807, 2.05) is 0 Å². The van der Waals surface area contributed by atoms with Gasteiger partial charge >= 0.3 is 35.3 Å². The summed E-state index contributed by atoms with van der Waals surface area (Å²) in [5, 5.41) is 0. The molecule has 6 fully saturated rings. The minimum absolute atomic E-state index is 0.00112. The van der Waals surface area contributed by atoms with Gasteiger partial charge in [-0.15, -0.1) is 0 Å². The van der Waals surface area contributed by atoms with Crippen molar-refractivity contribution in [2.75, 3.05) is 62.1 Å². The van der Waals surface area contributed by atoms with E-state index in [4.69, 9.17) is 28.4 Å². The molecule has 102 heavy (non-hydrogen) atoms. The number of imidazole rings is 3. The topological polar surface area (TPSA) is 334 Å². The minimum Gasteiger partial charge on any atom is -0.493 e. The second kappa shape index (κ2) is 28.2. The largest absolute Gasteiger partial charge is 0.493 e. The maximum absolute atomic E-state index is 13.8. The van der Waals surface area contributed by atoms with Crippen molar-refractivity contribution in [3.05, 3.63) is 152 Å². The lowest BCUT2D eigenvalue weighted by Crippen LogP contribution is -2.39. The molecular formula is C69H66F3N15O15. The SMILES string of the molecule is COc1c(F)cccc1OC(=O)N(C)CC#Cc1nc2c([nH]1)c(=O)n(C1CC1)c(=O)n2C1CC1.COc1cc(F)ccc1OC(=O)N(C)CC#Cc1nc2c([nH]1)c(=O)n(C1CC1)c(=O)n2C1CC1.COc1ccc(F)cc1OC(=O)N(C)CC#Cc1nc2c([nH]1)c(=O)n(C1CC1)c(=O)n2C1CC1. The molecule has 6 aliphatic carbocycles. The Labute approximate surface area is 575 Å². The van der Waals surface area contributed by atoms with Crippen molar-refractivity contribution in [1.29, 1.82) is 0 Å². The highest BCUT2D eigenvalue weighted by Crippen LogP contribution is 2.40. The Morgan fingerprint density at radius 2 is 0.755 bits per heavy atom. The van der Waals surface area contributed by atoms with E-state index in [1.165, 1.54) is 107 Å². The summed E-state index contributed by atoms with van der Waals surface area (Å²) < 4.78 is 80.0. The van der Waals surface area contributed by atoms with Gasteiger partial charge in [0.05, 0.1) is 41.0 Å². The highest BCUT2D eigenvalue weighted by Gasteiger charge is 2.38. The van der Waals surface area contributed by atoms with Crippen molar-refractivity contribution < 1.29 is 56.0 Å². The first-order valence-corrected chi connectivity index (χ1v) is 32.7. The number of fused-ring (bicyclic) bond motifs is 3. The number of para-hydroxylation sites is 1. The van der Waals surface area contributed by atoms with Gasteiger partial charge in [-0.25, -0.2) is 56.9 Å². The second-order valence-corrected chi connectivity index (χ2v) is 25.2. The molecule has 6 saturated carbocycles. The average Bonchev–Trinajstić information content (AvgIpc) is 1.59. The number of hydrogen-bond donors (Lipinski definition) is 3. The van der Waals surface area contributed by atoms with E-state index in [-0.39, 0.29) is 158 Å². The Morgan fingerprint density at radius 3 is 1.10 bits per heavy atom. The normalized spacial score (nSPS) is 15.0. The van der Waals surface area contributed by atoms with Crippen LogP contribution >= 0.6 is 0 Å². The van der Waals surface area contributed by atoms with E-state index in [2.05, 4.69) is 65.4 Å². The van der Waals surface area contributed by atoms with Gasteiger partial charge in [0.2, 0.25) is 0 Å². The van der Waals surface area contributed by atoms with Crippen LogP contribution in [0.25, 0.3) is 33.5 Å². The molecule has 0 bridgehead atoms. The average molecular weight is 1400 g/mol. The van der Waals surface area contributed by atoms with Crippen molar-refractivity contribution in [2.24, 2.45) is 0 Å². The molecule has 0 atom stereocenters. The number of H-pyrrole nitrogens is 3. The minimum atomic E-state index is -0.752. The zero-order chi connectivity index (χ0) is 71.9. The van der Waals surface area contributed by atoms with Gasteiger partial charge in [0.1, 0.15) is 11.6 Å². The van der Waals surface area contributed by atoms with Gasteiger partial charge in [-0.1, -0.05) is 23.8 Å². The maximum atomic E-state index is 13.8. The van der Waals surface area contributed by atoms with Crippen LogP contribution in [0.1, 0.15) is 131 Å². The smallest absolute Gasteiger partial charge is 0.415 e. The van der Waals surface area contributed by atoms with Crippen LogP contribution in [0.15, 0.2) is 83.4 Å². The molecule has 0 unspecified atom stereocenters. The summed E-state index contributed by atoms with van der Waals surface area (Å²) >= 11 is 0. The summed E-state index contributed by atoms with van der Waals surface area (Å²) in [6.07, 6.45) is 7.91. The summed E-state index contributed by atoms with van der Waals surface area (Å²) in [5.41, 5.74) is -0.381. The number of nitrogens with zero attached hydrogens (tertiary/aromatic N) is 12. The molecule has 3 N–H and O–H groups in total. The Hall–Kier alpha value is -12.2. The molecule has 33 heteroatoms. The summed E-state index contributed by atoms with van der Waals surface area (Å²) in [4.78, 5) is 140. The zero-order valence-corrected chi connectivity index (χ0v) is 55.9. The molecule has 0 spiro atoms. The number of hydrogen-bond acceptors (Lipinski definition) is 18. The standard InChI is InChI=1S/3C23H22FN5O5/c1-27(23(32)34-16-6-3-5-15(24)19(16)33-2)12-4-7-17-25-18-20(26-17)28(13-8-9-13)22(31)29(21(18)30)14-10-11-14;1-27(23(32)34-16-10-5-13(24)12-17(16)33-2)11-3-4-18-25-19-20(26-18)28(14-6-7-14)22(31)29(21(19)30)15-8-9-15;1-27(23(32)34-17-12-13(24)5-10-16(17)33-2)11-3-4-18-25-19-20(26-18)28(14-6-7-14)22(31)29(21(19)30)15-8-9-15/h3,5-6,13-14H,8-12H2,1-2H3,(H,25,26);2*5,10,12,14-15H,6-9,11H2,1-2H3,(H,25,26). The number of nitrogens with one attached hydrogen (secondary N) is 3. The van der Waals surface area contributed by atoms with E-state index < -0.39 is 35.7 Å². The molecule has 6 aliphatic rings. The molecule has 528 valence electrons. The molecule has 15 rings (SSSR count). The van der Waals surface area contributed by atoms with Crippen molar-refractivity contribution >= 4 is 51.8 Å². The van der Waals surface area contributed by atoms with Gasteiger partial charge in [-0.05, 0) is 131 Å². The summed E-state index contributed by atoms with van der Waals surface area (Å²) in [6, 6.07) is 11.2. The number of benzene rings is 3. The lowest BCUT2D eigenvalue weighted by Gasteiger charge is -2.15. The first kappa shape index (κ1) is 68.3. The summed E-state index contributed by atoms with van der Waals surface area (Å²) in [7, 11) is 8.44. The Bertz CT molecular complexity index is 5300. The number of halogens is 3. The highest BCUT2D eigenvalue weighted by atomic mass is 19.1. The van der Waals surface area contributed by atoms with Crippen molar-refractivity contribution in [2.45, 2.75) is 113 Å². The molecule has 3 amide bonds. The molecule has 9 aromatic rings. The number of amides is 3. The fourth-order valence-corrected chi connectivity index (χ4v) is 11.1. The predicted molar refractivity (Wildman–Crippen MR) is 359 cm³/mol. The van der Waals surface area contributed by atoms with Crippen LogP contribution in [0.4, 0.5) is 27.6 Å². The molecule has 0 aliphatic heterocycles. The Balaban J connectivity index is 0.000000137. The third-order valence-electron chi connectivity index (χ3n) is 17.2. The van der Waals surface area contributed by atoms with Crippen LogP contribution in [0.2, 0.25) is 0 Å². The first-order chi connectivity index (χ1) is 49.1. The first-order valence-electron chi connectivity index (χ1n) is 32.7. The van der Waals surface area contributed by atoms with Gasteiger partial charge in [-0.3, -0.25) is 56.5 Å². The molecule has 0 radical (unpaired) electrons. The van der Waals surface area contributed by atoms with Crippen LogP contribution in [-0.2, 0) is 0 Å². The molecule has 0 saturated heterocycles. The van der Waals surface area contributed by atoms with Gasteiger partial charge in [0, 0.05) is 69.5 Å². The molecule has 6 aromatic heterocycles. The Morgan fingerprint density at radius 1 is 0.431 bits per heavy atom. The number of aromatic nitrogens is 12. The third-order valence-corrected chi connectivity index (χ3v) is 17.2. The van der Waals surface area contributed by atoms with Crippen molar-refractivity contribution in [1.82, 2.24) is 72.0 Å². The Kier molecular flexibility index (Phi) is 18.9. The van der Waals surface area contributed by atoms with Crippen LogP contribution in [0.5, 0.6) is 34.5 Å². The van der Waals surface area contributed by atoms with Crippen molar-refractivity contribution in [3.8, 4) is 70.0 Å². The number of carbonyl (C=O) groups is 3. The summed E-state index contributed by atoms with van der Waals surface area (Å²) in [6.45, 7) is -0.0361. The van der Waals surface area contributed by atoms with Gasteiger partial charge in [-0.2, -0.15) is 0 Å². The number of methoxy groups -OCH3 is 3. The number of ether oxygens (including phenoxy) is 6. The van der Waals surface area contributed by atoms with Crippen LogP contribution < -0.4 is 62.2 Å². The molecular weight excluding hydrogens is 1340 g/mol. The third kappa shape index (κ3) is 14.5. The monoisotopic (exact) mass is 1400 g/mol. The van der Waals surface area contributed by atoms with E-state index in [0.29, 0.717) is 16.9 Å². The van der Waals surface area contributed by atoms with Gasteiger partial charge < -0.3 is 43.4 Å². The van der Waals surface area contributed by atoms with Gasteiger partial charge in [0.25, 0.3) is 16.7 Å². The summed E-state index contributed by atoms with van der Waals surface area (Å²) in [5.74, 6) is 15.9. The number of rotatable bonds is 15. The van der Waals surface area contributed by atoms with E-state index in [9.17, 15) is 56.3 Å². The fourth-order valence-electron chi connectivity index (χ4n) is 11.1. The van der Waals surface area contributed by atoms with Crippen molar-refractivity contribution in [3.63, 3.8) is 0 Å². The number of carbonyl (C=O) groups excluding carboxylic acids is 3. The van der Waals surface area contributed by atoms with Gasteiger partial charge in [0.15, 0.2) is 91.3 Å². The van der Waals surface area contributed by atoms with Crippen LogP contribution in [0, 0.1) is 53.0 Å².